The molecule has 0 saturated heterocycles. The molecule has 176 valence electrons. The van der Waals surface area contributed by atoms with Crippen LogP contribution in [0, 0.1) is 13.8 Å². The van der Waals surface area contributed by atoms with Crippen LogP contribution in [0.1, 0.15) is 11.4 Å². The van der Waals surface area contributed by atoms with E-state index in [9.17, 15) is 8.42 Å². The molecular formula is C23H23N5O5S. The van der Waals surface area contributed by atoms with Crippen LogP contribution in [-0.2, 0) is 10.0 Å². The monoisotopic (exact) mass is 481 g/mol. The molecule has 0 aliphatic carbocycles. The summed E-state index contributed by atoms with van der Waals surface area (Å²) in [7, 11) is -1.06. The van der Waals surface area contributed by atoms with E-state index in [0.29, 0.717) is 28.9 Å². The second-order valence-electron chi connectivity index (χ2n) is 7.32. The third-order valence-corrected chi connectivity index (χ3v) is 6.24. The van der Waals surface area contributed by atoms with Crippen LogP contribution in [0.4, 0.5) is 5.69 Å². The van der Waals surface area contributed by atoms with Crippen molar-refractivity contribution in [3.63, 3.8) is 0 Å². The molecule has 1 N–H and O–H groups in total. The summed E-state index contributed by atoms with van der Waals surface area (Å²) in [5.74, 6) is 1.94. The Morgan fingerprint density at radius 1 is 0.853 bits per heavy atom. The van der Waals surface area contributed by atoms with Crippen LogP contribution in [0.2, 0.25) is 0 Å². The van der Waals surface area contributed by atoms with Crippen molar-refractivity contribution in [3.05, 3.63) is 72.1 Å². The Morgan fingerprint density at radius 3 is 2.18 bits per heavy atom. The normalized spacial score (nSPS) is 11.2. The molecule has 0 atom stereocenters. The van der Waals surface area contributed by atoms with Gasteiger partial charge in [-0.25, -0.2) is 13.1 Å². The molecule has 0 radical (unpaired) electrons. The van der Waals surface area contributed by atoms with Crippen LogP contribution in [0.15, 0.2) is 65.6 Å². The van der Waals surface area contributed by atoms with Crippen molar-refractivity contribution in [2.45, 2.75) is 18.7 Å². The Morgan fingerprint density at radius 2 is 1.59 bits per heavy atom. The predicted octanol–water partition coefficient (Wildman–Crippen LogP) is 3.89. The quantitative estimate of drug-likeness (QED) is 0.403. The fraction of sp³-hybridized carbons (Fsp3) is 0.174. The molecule has 11 heteroatoms. The molecule has 34 heavy (non-hydrogen) atoms. The van der Waals surface area contributed by atoms with Crippen molar-refractivity contribution in [1.82, 2.24) is 20.0 Å². The minimum Gasteiger partial charge on any atom is -0.497 e. The van der Waals surface area contributed by atoms with Crippen molar-refractivity contribution in [2.75, 3.05) is 18.9 Å². The van der Waals surface area contributed by atoms with Crippen molar-refractivity contribution >= 4 is 15.7 Å². The van der Waals surface area contributed by atoms with Gasteiger partial charge in [-0.15, -0.1) is 10.2 Å². The van der Waals surface area contributed by atoms with Gasteiger partial charge >= 0.3 is 0 Å². The SMILES string of the molecule is COc1ccc(OC)c(S(=O)(=O)Nc2ccc(Oc3ccc(-n4nc(C)cc4C)nn3)cc2)c1. The van der Waals surface area contributed by atoms with Gasteiger partial charge in [0.1, 0.15) is 22.1 Å². The fourth-order valence-electron chi connectivity index (χ4n) is 3.26. The highest BCUT2D eigenvalue weighted by Crippen LogP contribution is 2.30. The van der Waals surface area contributed by atoms with Gasteiger partial charge in [-0.3, -0.25) is 4.72 Å². The number of benzene rings is 2. The Hall–Kier alpha value is -4.12. The predicted molar refractivity (Wildman–Crippen MR) is 125 cm³/mol. The summed E-state index contributed by atoms with van der Waals surface area (Å²) in [6.45, 7) is 3.84. The van der Waals surface area contributed by atoms with Gasteiger partial charge in [0.25, 0.3) is 10.0 Å². The molecule has 2 heterocycles. The Labute approximate surface area is 197 Å². The van der Waals surface area contributed by atoms with E-state index in [1.807, 2.05) is 19.9 Å². The first-order valence-corrected chi connectivity index (χ1v) is 11.7. The molecule has 0 fully saturated rings. The van der Waals surface area contributed by atoms with Crippen molar-refractivity contribution in [1.29, 1.82) is 0 Å². The van der Waals surface area contributed by atoms with Gasteiger partial charge in [0.2, 0.25) is 5.88 Å². The lowest BCUT2D eigenvalue weighted by Gasteiger charge is -2.13. The van der Waals surface area contributed by atoms with Gasteiger partial charge < -0.3 is 14.2 Å². The molecule has 2 aromatic heterocycles. The van der Waals surface area contributed by atoms with E-state index in [0.717, 1.165) is 11.4 Å². The number of nitrogens with zero attached hydrogens (tertiary/aromatic N) is 4. The van der Waals surface area contributed by atoms with Crippen LogP contribution in [0.5, 0.6) is 23.1 Å². The molecule has 0 aliphatic rings. The Kier molecular flexibility index (Phi) is 6.37. The third-order valence-electron chi connectivity index (χ3n) is 4.84. The number of nitrogens with one attached hydrogen (secondary N) is 1. The molecular weight excluding hydrogens is 458 g/mol. The molecule has 0 saturated carbocycles. The van der Waals surface area contributed by atoms with Crippen LogP contribution in [-0.4, -0.2) is 42.6 Å². The highest BCUT2D eigenvalue weighted by Gasteiger charge is 2.21. The average Bonchev–Trinajstić information content (AvgIpc) is 3.18. The maximum Gasteiger partial charge on any atom is 0.265 e. The number of sulfonamides is 1. The molecule has 4 rings (SSSR count). The summed E-state index contributed by atoms with van der Waals surface area (Å²) >= 11 is 0. The zero-order valence-corrected chi connectivity index (χ0v) is 19.8. The first-order valence-electron chi connectivity index (χ1n) is 10.2. The molecule has 0 spiro atoms. The van der Waals surface area contributed by atoms with Crippen LogP contribution in [0.3, 0.4) is 0 Å². The maximum absolute atomic E-state index is 12.9. The fourth-order valence-corrected chi connectivity index (χ4v) is 4.50. The first kappa shape index (κ1) is 23.1. The number of hydrogen-bond donors (Lipinski definition) is 1. The number of rotatable bonds is 8. The highest BCUT2D eigenvalue weighted by molar-refractivity contribution is 7.92. The lowest BCUT2D eigenvalue weighted by atomic mass is 10.3. The molecule has 2 aromatic carbocycles. The summed E-state index contributed by atoms with van der Waals surface area (Å²) in [4.78, 5) is -0.0346. The van der Waals surface area contributed by atoms with E-state index >= 15 is 0 Å². The van der Waals surface area contributed by atoms with Crippen LogP contribution in [0.25, 0.3) is 5.82 Å². The molecule has 4 aromatic rings. The van der Waals surface area contributed by atoms with E-state index in [1.165, 1.54) is 26.4 Å². The minimum absolute atomic E-state index is 0.0346. The molecule has 0 amide bonds. The number of ether oxygens (including phenoxy) is 3. The van der Waals surface area contributed by atoms with E-state index < -0.39 is 10.0 Å². The second kappa shape index (κ2) is 9.40. The molecule has 0 unspecified atom stereocenters. The van der Waals surface area contributed by atoms with Crippen LogP contribution >= 0.6 is 0 Å². The van der Waals surface area contributed by atoms with Gasteiger partial charge in [0.15, 0.2) is 5.82 Å². The smallest absolute Gasteiger partial charge is 0.265 e. The first-order chi connectivity index (χ1) is 16.3. The minimum atomic E-state index is -3.92. The topological polar surface area (TPSA) is 117 Å². The molecule has 0 bridgehead atoms. The lowest BCUT2D eigenvalue weighted by Crippen LogP contribution is -2.14. The van der Waals surface area contributed by atoms with Crippen LogP contribution < -0.4 is 18.9 Å². The average molecular weight is 482 g/mol. The summed E-state index contributed by atoms with van der Waals surface area (Å²) in [5.41, 5.74) is 2.19. The number of anilines is 1. The van der Waals surface area contributed by atoms with E-state index in [2.05, 4.69) is 20.0 Å². The van der Waals surface area contributed by atoms with E-state index in [-0.39, 0.29) is 10.6 Å². The highest BCUT2D eigenvalue weighted by atomic mass is 32.2. The number of hydrogen-bond acceptors (Lipinski definition) is 8. The molecule has 0 aliphatic heterocycles. The van der Waals surface area contributed by atoms with Gasteiger partial charge in [-0.05, 0) is 62.4 Å². The Bertz CT molecular complexity index is 1400. The standard InChI is InChI=1S/C23H23N5O5S/c1-15-13-16(2)28(26-15)22-11-12-23(25-24-22)33-18-7-5-17(6-8-18)27-34(29,30)21-14-19(31-3)9-10-20(21)32-4/h5-14,27H,1-4H3. The van der Waals surface area contributed by atoms with E-state index in [1.54, 1.807) is 47.1 Å². The van der Waals surface area contributed by atoms with Gasteiger partial charge in [-0.2, -0.15) is 5.10 Å². The summed E-state index contributed by atoms with van der Waals surface area (Å²) in [5, 5.41) is 12.6. The third kappa shape index (κ3) is 4.94. The largest absolute Gasteiger partial charge is 0.497 e. The van der Waals surface area contributed by atoms with Gasteiger partial charge in [-0.1, -0.05) is 0 Å². The summed E-state index contributed by atoms with van der Waals surface area (Å²) < 4.78 is 46.1. The van der Waals surface area contributed by atoms with Crippen molar-refractivity contribution < 1.29 is 22.6 Å². The zero-order chi connectivity index (χ0) is 24.3. The molecule has 10 nitrogen and oxygen atoms in total. The lowest BCUT2D eigenvalue weighted by molar-refractivity contribution is 0.392. The van der Waals surface area contributed by atoms with Crippen molar-refractivity contribution in [3.8, 4) is 28.9 Å². The van der Waals surface area contributed by atoms with E-state index in [4.69, 9.17) is 14.2 Å². The Balaban J connectivity index is 1.47. The van der Waals surface area contributed by atoms with Crippen molar-refractivity contribution in [2.24, 2.45) is 0 Å². The summed E-state index contributed by atoms with van der Waals surface area (Å²) in [6.07, 6.45) is 0. The number of aromatic nitrogens is 4. The zero-order valence-electron chi connectivity index (χ0n) is 19.0. The summed E-state index contributed by atoms with van der Waals surface area (Å²) in [6, 6.07) is 16.3. The number of methoxy groups -OCH3 is 2. The van der Waals surface area contributed by atoms with Gasteiger partial charge in [0, 0.05) is 23.5 Å². The number of aryl methyl sites for hydroxylation is 2. The van der Waals surface area contributed by atoms with Gasteiger partial charge in [0.05, 0.1) is 19.9 Å². The second-order valence-corrected chi connectivity index (χ2v) is 8.97. The maximum atomic E-state index is 12.9.